The third kappa shape index (κ3) is 5.84. The molecule has 0 bridgehead atoms. The first-order valence-corrected chi connectivity index (χ1v) is 12.0. The summed E-state index contributed by atoms with van der Waals surface area (Å²) in [5, 5.41) is 0. The fraction of sp³-hybridized carbons (Fsp3) is 0.500. The molecule has 3 aliphatic rings. The number of ether oxygens (including phenoxy) is 3. The second-order valence-electron chi connectivity index (χ2n) is 9.72. The van der Waals surface area contributed by atoms with E-state index in [4.69, 9.17) is 14.2 Å². The maximum Gasteiger partial charge on any atom is 2.00 e. The molecular weight excluding hydrogens is 666 g/mol. The average Bonchev–Trinajstić information content (AvgIpc) is 3.61. The smallest absolute Gasteiger partial charge is 0.523 e. The summed E-state index contributed by atoms with van der Waals surface area (Å²) >= 11 is 0. The number of carbonyl (C=O) groups excluding carboxylic acids is 1. The molecule has 5 rings (SSSR count). The molecule has 186 valence electrons. The molecule has 1 saturated heterocycles. The summed E-state index contributed by atoms with van der Waals surface area (Å²) in [6.07, 6.45) is 3.54. The number of nitrogens with zero attached hydrogens (tertiary/aromatic N) is 2. The van der Waals surface area contributed by atoms with Gasteiger partial charge in [-0.05, 0) is 36.1 Å². The van der Waals surface area contributed by atoms with Gasteiger partial charge in [-0.15, -0.1) is 23.3 Å². The van der Waals surface area contributed by atoms with E-state index in [2.05, 4.69) is 23.1 Å². The predicted molar refractivity (Wildman–Crippen MR) is 133 cm³/mol. The molecule has 1 unspecified atom stereocenters. The molecule has 1 fully saturated rings. The van der Waals surface area contributed by atoms with E-state index in [0.29, 0.717) is 12.3 Å². The van der Waals surface area contributed by atoms with Gasteiger partial charge >= 0.3 is 31.1 Å². The largest absolute Gasteiger partial charge is 2.00 e. The van der Waals surface area contributed by atoms with Crippen LogP contribution in [0.1, 0.15) is 34.6 Å². The summed E-state index contributed by atoms with van der Waals surface area (Å²) in [6, 6.07) is 11.4. The van der Waals surface area contributed by atoms with E-state index in [-0.39, 0.29) is 44.4 Å². The molecule has 35 heavy (non-hydrogen) atoms. The van der Waals surface area contributed by atoms with Crippen molar-refractivity contribution in [3.05, 3.63) is 60.0 Å². The summed E-state index contributed by atoms with van der Waals surface area (Å²) in [4.78, 5) is 14.9. The number of methoxy groups -OCH3 is 3. The molecule has 0 N–H and O–H groups in total. The molecule has 0 saturated carbocycles. The maximum atomic E-state index is 12.8. The van der Waals surface area contributed by atoms with Crippen molar-refractivity contribution in [3.8, 4) is 17.2 Å². The monoisotopic (exact) mass is 703 g/mol. The van der Waals surface area contributed by atoms with Crippen LogP contribution < -0.4 is 14.2 Å². The number of carbonyl (C=O) groups is 1. The van der Waals surface area contributed by atoms with Gasteiger partial charge in [0, 0.05) is 37.6 Å². The summed E-state index contributed by atoms with van der Waals surface area (Å²) in [5.41, 5.74) is 5.12. The van der Waals surface area contributed by atoms with Crippen LogP contribution in [-0.4, -0.2) is 75.9 Å². The van der Waals surface area contributed by atoms with Gasteiger partial charge in [-0.1, -0.05) is 0 Å². The first kappa shape index (κ1) is 27.9. The fourth-order valence-electron chi connectivity index (χ4n) is 5.55. The Kier molecular flexibility index (Phi) is 9.23. The Morgan fingerprint density at radius 2 is 1.77 bits per heavy atom. The number of fused-ring (bicyclic) bond motifs is 2. The zero-order chi connectivity index (χ0) is 23.0. The Hall–Kier alpha value is -1.68. The number of benzene rings is 2. The molecule has 7 heteroatoms. The zero-order valence-corrected chi connectivity index (χ0v) is 25.6. The molecule has 6 nitrogen and oxygen atoms in total. The van der Waals surface area contributed by atoms with E-state index in [1.165, 1.54) is 40.8 Å². The molecule has 1 aliphatic carbocycles. The van der Waals surface area contributed by atoms with Crippen LogP contribution in [0.4, 0.5) is 0 Å². The second kappa shape index (κ2) is 11.6. The quantitative estimate of drug-likeness (QED) is 0.228. The molecule has 2 aliphatic heterocycles. The third-order valence-electron chi connectivity index (χ3n) is 7.75. The molecule has 2 heterocycles. The molecule has 0 spiro atoms. The molecule has 2 aromatic rings. The van der Waals surface area contributed by atoms with Crippen LogP contribution >= 0.6 is 0 Å². The van der Waals surface area contributed by atoms with Gasteiger partial charge < -0.3 is 31.0 Å². The average molecular weight is 704 g/mol. The van der Waals surface area contributed by atoms with Crippen molar-refractivity contribution >= 4 is 5.91 Å². The van der Waals surface area contributed by atoms with Crippen molar-refractivity contribution in [3.63, 3.8) is 0 Å². The molecule has 2 aromatic carbocycles. The van der Waals surface area contributed by atoms with Crippen LogP contribution in [0.15, 0.2) is 24.3 Å². The van der Waals surface area contributed by atoms with Crippen molar-refractivity contribution < 1.29 is 54.6 Å². The van der Waals surface area contributed by atoms with E-state index in [9.17, 15) is 4.79 Å². The Morgan fingerprint density at radius 3 is 2.46 bits per heavy atom. The number of amides is 1. The predicted octanol–water partition coefficient (Wildman–Crippen LogP) is 3.45. The van der Waals surface area contributed by atoms with E-state index in [1.807, 2.05) is 12.1 Å². The van der Waals surface area contributed by atoms with Crippen LogP contribution in [-0.2, 0) is 24.1 Å². The van der Waals surface area contributed by atoms with Crippen LogP contribution in [0.2, 0.25) is 0 Å². The minimum absolute atomic E-state index is 0. The SMILES string of the molecule is COc1[c-]cc2c(c1)CCN(CCC[N+]1(CC3Cc4cc(OC)c(OC)cc43)CC1)C(=O)C2.[CH3-].[U+2]. The third-order valence-corrected chi connectivity index (χ3v) is 7.75. The van der Waals surface area contributed by atoms with E-state index in [1.54, 1.807) is 21.3 Å². The van der Waals surface area contributed by atoms with Crippen molar-refractivity contribution in [1.29, 1.82) is 0 Å². The van der Waals surface area contributed by atoms with E-state index in [0.717, 1.165) is 61.7 Å². The van der Waals surface area contributed by atoms with Gasteiger partial charge in [0.15, 0.2) is 11.5 Å². The van der Waals surface area contributed by atoms with Gasteiger partial charge in [0.1, 0.15) is 13.1 Å². The van der Waals surface area contributed by atoms with Crippen LogP contribution in [0.5, 0.6) is 17.2 Å². The minimum atomic E-state index is 0. The summed E-state index contributed by atoms with van der Waals surface area (Å²) in [7, 11) is 5.06. The molecule has 1 atom stereocenters. The van der Waals surface area contributed by atoms with Gasteiger partial charge in [-0.3, -0.25) is 4.79 Å². The zero-order valence-electron chi connectivity index (χ0n) is 21.5. The number of rotatable bonds is 9. The van der Waals surface area contributed by atoms with Gasteiger partial charge in [-0.25, -0.2) is 0 Å². The summed E-state index contributed by atoms with van der Waals surface area (Å²) in [6.45, 7) is 6.49. The molecular formula is C28H37N2O4U+. The Morgan fingerprint density at radius 1 is 1.03 bits per heavy atom. The van der Waals surface area contributed by atoms with Crippen LogP contribution in [0.25, 0.3) is 0 Å². The molecule has 1 amide bonds. The standard InChI is InChI=1S/C27H34N2O4.CH3.U/c1-31-23-6-5-19-16-27(30)28(9-7-20(19)14-23)8-4-10-29(11-12-29)18-22-13-21-15-25(32-2)26(33-3)17-24(21)22;;/h5,14-15,17,22H,4,7-13,16,18H2,1-3H3;1H3;/q;-1;+2. The number of hydrogen-bond donors (Lipinski definition) is 0. The van der Waals surface area contributed by atoms with Gasteiger partial charge in [-0.2, -0.15) is 6.07 Å². The maximum absolute atomic E-state index is 12.8. The Bertz CT molecular complexity index is 1050. The molecule has 0 radical (unpaired) electrons. The fourth-order valence-corrected chi connectivity index (χ4v) is 5.55. The second-order valence-corrected chi connectivity index (χ2v) is 9.72. The van der Waals surface area contributed by atoms with Crippen molar-refractivity contribution in [1.82, 2.24) is 4.90 Å². The van der Waals surface area contributed by atoms with Gasteiger partial charge in [0.05, 0.1) is 34.4 Å². The summed E-state index contributed by atoms with van der Waals surface area (Å²) < 4.78 is 17.5. The van der Waals surface area contributed by atoms with Crippen molar-refractivity contribution in [2.75, 3.05) is 60.6 Å². The topological polar surface area (TPSA) is 48.0 Å². The first-order valence-electron chi connectivity index (χ1n) is 12.0. The van der Waals surface area contributed by atoms with Crippen LogP contribution in [0.3, 0.4) is 0 Å². The van der Waals surface area contributed by atoms with E-state index < -0.39 is 0 Å². The normalized spacial score (nSPS) is 19.1. The van der Waals surface area contributed by atoms with E-state index >= 15 is 0 Å². The number of hydrogen-bond acceptors (Lipinski definition) is 4. The van der Waals surface area contributed by atoms with Crippen molar-refractivity contribution in [2.45, 2.75) is 31.6 Å². The Balaban J connectivity index is 0.00000171. The van der Waals surface area contributed by atoms with Crippen LogP contribution in [0, 0.1) is 44.6 Å². The molecule has 0 aromatic heterocycles. The minimum Gasteiger partial charge on any atom is -0.523 e. The first-order chi connectivity index (χ1) is 16.0. The van der Waals surface area contributed by atoms with Gasteiger partial charge in [0.2, 0.25) is 5.91 Å². The summed E-state index contributed by atoms with van der Waals surface area (Å²) in [5.74, 6) is 3.23. The number of quaternary nitrogens is 1. The van der Waals surface area contributed by atoms with Gasteiger partial charge in [0.25, 0.3) is 0 Å². The Labute approximate surface area is 233 Å². The van der Waals surface area contributed by atoms with Crippen molar-refractivity contribution in [2.24, 2.45) is 0 Å².